The molecular weight excluding hydrogens is 586 g/mol. The Labute approximate surface area is 269 Å². The highest BCUT2D eigenvalue weighted by atomic mass is 16.5. The van der Waals surface area contributed by atoms with Crippen LogP contribution in [0.1, 0.15) is 43.5 Å². The van der Waals surface area contributed by atoms with E-state index in [1.54, 1.807) is 19.2 Å². The van der Waals surface area contributed by atoms with Crippen LogP contribution in [0.15, 0.2) is 48.5 Å². The highest BCUT2D eigenvalue weighted by Gasteiger charge is 2.19. The second-order valence-corrected chi connectivity index (χ2v) is 11.7. The molecule has 0 radical (unpaired) electrons. The van der Waals surface area contributed by atoms with Crippen molar-refractivity contribution < 1.29 is 24.2 Å². The summed E-state index contributed by atoms with van der Waals surface area (Å²) in [6, 6.07) is 15.1. The molecule has 0 bridgehead atoms. The van der Waals surface area contributed by atoms with E-state index in [0.717, 1.165) is 66.8 Å². The van der Waals surface area contributed by atoms with Crippen molar-refractivity contribution in [2.75, 3.05) is 58.8 Å². The Balaban J connectivity index is 1.22. The quantitative estimate of drug-likeness (QED) is 0.154. The number of hydrogen-bond acceptors (Lipinski definition) is 8. The summed E-state index contributed by atoms with van der Waals surface area (Å²) in [4.78, 5) is 38.1. The first-order valence-electron chi connectivity index (χ1n) is 16.1. The lowest BCUT2D eigenvalue weighted by Gasteiger charge is -2.30. The number of carbonyl (C=O) groups is 2. The van der Waals surface area contributed by atoms with Crippen molar-refractivity contribution in [3.8, 4) is 5.75 Å². The highest BCUT2D eigenvalue weighted by molar-refractivity contribution is 6.06. The zero-order valence-corrected chi connectivity index (χ0v) is 26.6. The molecule has 0 aliphatic carbocycles. The standard InChI is InChI=1S/C34H45N7O5/c1-45-21-14-29-38-31-32(27-12-3-4-13-28(27)37-33(31)35)41(29)18-8-5-15-36-34(44)40(20-19-39-16-6-2-7-17-39)23-25-10-9-11-26(22-25)46-24-30(42)43/h3-4,9-13,22H,2,5-8,14-21,23-24H2,1H3,(H2,35,37)(H,36,44)(H,42,43). The molecular formula is C34H45N7O5. The first-order chi connectivity index (χ1) is 22.4. The molecule has 246 valence electrons. The van der Waals surface area contributed by atoms with Gasteiger partial charge in [0.25, 0.3) is 0 Å². The number of amides is 2. The third kappa shape index (κ3) is 8.64. The van der Waals surface area contributed by atoms with Crippen LogP contribution in [-0.2, 0) is 29.0 Å². The number of nitrogens with zero attached hydrogens (tertiary/aromatic N) is 5. The molecule has 5 rings (SSSR count). The van der Waals surface area contributed by atoms with Gasteiger partial charge in [-0.2, -0.15) is 0 Å². The van der Waals surface area contributed by atoms with Gasteiger partial charge in [0.2, 0.25) is 0 Å². The van der Waals surface area contributed by atoms with Crippen molar-refractivity contribution in [1.82, 2.24) is 29.7 Å². The van der Waals surface area contributed by atoms with Gasteiger partial charge in [0.05, 0.1) is 17.6 Å². The average molecular weight is 632 g/mol. The number of carboxylic acid groups (broad SMARTS) is 1. The topological polar surface area (TPSA) is 148 Å². The van der Waals surface area contributed by atoms with E-state index >= 15 is 0 Å². The summed E-state index contributed by atoms with van der Waals surface area (Å²) in [5.74, 6) is 0.763. The van der Waals surface area contributed by atoms with Crippen molar-refractivity contribution >= 4 is 39.8 Å². The van der Waals surface area contributed by atoms with E-state index in [9.17, 15) is 9.59 Å². The van der Waals surface area contributed by atoms with Gasteiger partial charge in [0.15, 0.2) is 12.4 Å². The monoisotopic (exact) mass is 631 g/mol. The Kier molecular flexibility index (Phi) is 11.6. The van der Waals surface area contributed by atoms with Crippen LogP contribution in [-0.4, -0.2) is 94.5 Å². The number of aromatic nitrogens is 3. The first-order valence-corrected chi connectivity index (χ1v) is 16.1. The number of para-hydroxylation sites is 1. The SMILES string of the molecule is COCCc1nc2c(N)nc3ccccc3c2n1CCCCNC(=O)N(CCN1CCCCC1)Cc1cccc(OCC(=O)O)c1. The molecule has 0 unspecified atom stereocenters. The molecule has 3 heterocycles. The van der Waals surface area contributed by atoms with Gasteiger partial charge in [0.1, 0.15) is 17.1 Å². The maximum absolute atomic E-state index is 13.5. The van der Waals surface area contributed by atoms with Crippen LogP contribution < -0.4 is 15.8 Å². The summed E-state index contributed by atoms with van der Waals surface area (Å²) in [5, 5.41) is 13.1. The van der Waals surface area contributed by atoms with Crippen molar-refractivity contribution in [3.63, 3.8) is 0 Å². The largest absolute Gasteiger partial charge is 0.482 e. The summed E-state index contributed by atoms with van der Waals surface area (Å²) >= 11 is 0. The van der Waals surface area contributed by atoms with Gasteiger partial charge >= 0.3 is 12.0 Å². The maximum Gasteiger partial charge on any atom is 0.341 e. The maximum atomic E-state index is 13.5. The number of rotatable bonds is 16. The van der Waals surface area contributed by atoms with E-state index in [1.807, 2.05) is 35.2 Å². The van der Waals surface area contributed by atoms with E-state index in [4.69, 9.17) is 25.3 Å². The predicted molar refractivity (Wildman–Crippen MR) is 178 cm³/mol. The number of fused-ring (bicyclic) bond motifs is 3. The lowest BCUT2D eigenvalue weighted by Crippen LogP contribution is -2.44. The van der Waals surface area contributed by atoms with Crippen molar-refractivity contribution in [3.05, 3.63) is 59.9 Å². The second-order valence-electron chi connectivity index (χ2n) is 11.7. The Hall–Kier alpha value is -4.42. The molecule has 12 nitrogen and oxygen atoms in total. The summed E-state index contributed by atoms with van der Waals surface area (Å²) < 4.78 is 12.9. The first kappa shape index (κ1) is 33.0. The van der Waals surface area contributed by atoms with Gasteiger partial charge in [-0.25, -0.2) is 19.6 Å². The van der Waals surface area contributed by atoms with Crippen LogP contribution in [0, 0.1) is 0 Å². The third-order valence-electron chi connectivity index (χ3n) is 8.36. The number of imidazole rings is 1. The van der Waals surface area contributed by atoms with Crippen LogP contribution >= 0.6 is 0 Å². The lowest BCUT2D eigenvalue weighted by molar-refractivity contribution is -0.139. The van der Waals surface area contributed by atoms with Crippen molar-refractivity contribution in [1.29, 1.82) is 0 Å². The van der Waals surface area contributed by atoms with Gasteiger partial charge in [-0.3, -0.25) is 0 Å². The van der Waals surface area contributed by atoms with Crippen LogP contribution in [0.3, 0.4) is 0 Å². The third-order valence-corrected chi connectivity index (χ3v) is 8.36. The molecule has 2 aromatic carbocycles. The highest BCUT2D eigenvalue weighted by Crippen LogP contribution is 2.29. The van der Waals surface area contributed by atoms with E-state index in [1.165, 1.54) is 19.3 Å². The fraction of sp³-hybridized carbons (Fsp3) is 0.471. The number of methoxy groups -OCH3 is 1. The summed E-state index contributed by atoms with van der Waals surface area (Å²) in [6.45, 7) is 5.31. The van der Waals surface area contributed by atoms with E-state index < -0.39 is 12.6 Å². The number of nitrogen functional groups attached to an aromatic ring is 1. The number of carboxylic acids is 1. The Morgan fingerprint density at radius 2 is 1.87 bits per heavy atom. The van der Waals surface area contributed by atoms with Crippen LogP contribution in [0.2, 0.25) is 0 Å². The number of aryl methyl sites for hydroxylation is 1. The Bertz CT molecular complexity index is 1620. The average Bonchev–Trinajstić information content (AvgIpc) is 3.44. The van der Waals surface area contributed by atoms with Crippen molar-refractivity contribution in [2.24, 2.45) is 0 Å². The fourth-order valence-electron chi connectivity index (χ4n) is 6.03. The number of nitrogens with one attached hydrogen (secondary N) is 1. The number of piperidine rings is 1. The zero-order chi connectivity index (χ0) is 32.3. The van der Waals surface area contributed by atoms with Crippen LogP contribution in [0.4, 0.5) is 10.6 Å². The minimum absolute atomic E-state index is 0.118. The van der Waals surface area contributed by atoms with E-state index in [0.29, 0.717) is 49.7 Å². The second kappa shape index (κ2) is 16.2. The molecule has 0 spiro atoms. The molecule has 0 saturated carbocycles. The smallest absolute Gasteiger partial charge is 0.341 e. The molecule has 1 aliphatic rings. The van der Waals surface area contributed by atoms with Gasteiger partial charge in [0, 0.05) is 51.6 Å². The summed E-state index contributed by atoms with van der Waals surface area (Å²) in [7, 11) is 1.68. The molecule has 2 amide bonds. The zero-order valence-electron chi connectivity index (χ0n) is 26.6. The fourth-order valence-corrected chi connectivity index (χ4v) is 6.03. The lowest BCUT2D eigenvalue weighted by atomic mass is 10.1. The Morgan fingerprint density at radius 1 is 1.04 bits per heavy atom. The molecule has 4 aromatic rings. The van der Waals surface area contributed by atoms with Gasteiger partial charge in [-0.1, -0.05) is 36.8 Å². The number of hydrogen-bond donors (Lipinski definition) is 3. The number of aliphatic carboxylic acids is 1. The number of urea groups is 1. The number of anilines is 1. The number of ether oxygens (including phenoxy) is 2. The van der Waals surface area contributed by atoms with Crippen LogP contribution in [0.5, 0.6) is 5.75 Å². The predicted octanol–water partition coefficient (Wildman–Crippen LogP) is 4.30. The minimum Gasteiger partial charge on any atom is -0.482 e. The van der Waals surface area contributed by atoms with E-state index in [2.05, 4.69) is 25.8 Å². The van der Waals surface area contributed by atoms with Gasteiger partial charge in [-0.15, -0.1) is 0 Å². The normalized spacial score (nSPS) is 13.7. The summed E-state index contributed by atoms with van der Waals surface area (Å²) in [6.07, 6.45) is 5.91. The van der Waals surface area contributed by atoms with Gasteiger partial charge < -0.3 is 40.0 Å². The minimum atomic E-state index is -1.03. The Morgan fingerprint density at radius 3 is 2.67 bits per heavy atom. The van der Waals surface area contributed by atoms with Crippen LogP contribution in [0.25, 0.3) is 21.9 Å². The molecule has 1 aliphatic heterocycles. The molecule has 1 fully saturated rings. The van der Waals surface area contributed by atoms with E-state index in [-0.39, 0.29) is 6.03 Å². The molecule has 2 aromatic heterocycles. The summed E-state index contributed by atoms with van der Waals surface area (Å²) in [5.41, 5.74) is 9.74. The number of pyridine rings is 1. The van der Waals surface area contributed by atoms with Gasteiger partial charge in [-0.05, 0) is 62.5 Å². The number of carbonyl (C=O) groups excluding carboxylic acids is 1. The molecule has 4 N–H and O–H groups in total. The molecule has 0 atom stereocenters. The van der Waals surface area contributed by atoms with Crippen molar-refractivity contribution in [2.45, 2.75) is 51.6 Å². The number of likely N-dealkylation sites (tertiary alicyclic amines) is 1. The molecule has 46 heavy (non-hydrogen) atoms. The molecule has 1 saturated heterocycles. The number of nitrogens with two attached hydrogens (primary N) is 1. The number of unbranched alkanes of at least 4 members (excludes halogenated alkanes) is 1. The number of benzene rings is 2. The molecule has 12 heteroatoms.